The third-order valence-corrected chi connectivity index (χ3v) is 1.18. The first-order chi connectivity index (χ1) is 4.66. The van der Waals surface area contributed by atoms with Crippen LogP contribution >= 0.6 is 15.9 Å². The van der Waals surface area contributed by atoms with Gasteiger partial charge in [-0.3, -0.25) is 9.59 Å². The Labute approximate surface area is 67.3 Å². The van der Waals surface area contributed by atoms with E-state index in [1.54, 1.807) is 0 Å². The highest BCUT2D eigenvalue weighted by molar-refractivity contribution is 9.09. The van der Waals surface area contributed by atoms with Crippen LogP contribution in [0.15, 0.2) is 0 Å². The normalized spacial score (nSPS) is 8.90. The van der Waals surface area contributed by atoms with Crippen LogP contribution in [0.4, 0.5) is 0 Å². The fraction of sp³-hybridized carbons (Fsp3) is 0.600. The molecule has 3 N–H and O–H groups in total. The molecule has 0 radical (unpaired) electrons. The molecule has 0 rings (SSSR count). The van der Waals surface area contributed by atoms with Gasteiger partial charge in [0.05, 0.1) is 6.54 Å². The molecule has 5 heteroatoms. The minimum atomic E-state index is -0.525. The SMILES string of the molecule is NC(=O)CNC(=O)CCBr. The number of nitrogens with one attached hydrogen (secondary N) is 1. The standard InChI is InChI=1S/C5H9BrN2O2/c6-2-1-5(10)8-3-4(7)9/h1-3H2,(H2,7,9)(H,8,10). The van der Waals surface area contributed by atoms with E-state index in [9.17, 15) is 9.59 Å². The molecule has 0 aromatic heterocycles. The number of amides is 2. The van der Waals surface area contributed by atoms with E-state index in [0.717, 1.165) is 0 Å². The lowest BCUT2D eigenvalue weighted by molar-refractivity contribution is -0.124. The average Bonchev–Trinajstić information content (AvgIpc) is 1.85. The maximum absolute atomic E-state index is 10.6. The van der Waals surface area contributed by atoms with Gasteiger partial charge in [0.1, 0.15) is 0 Å². The number of alkyl halides is 1. The fourth-order valence-corrected chi connectivity index (χ4v) is 0.720. The second-order valence-electron chi connectivity index (χ2n) is 1.68. The molecule has 0 aromatic rings. The Hall–Kier alpha value is -0.580. The van der Waals surface area contributed by atoms with E-state index < -0.39 is 5.91 Å². The molecule has 0 atom stereocenters. The van der Waals surface area contributed by atoms with Crippen molar-refractivity contribution in [3.05, 3.63) is 0 Å². The summed E-state index contributed by atoms with van der Waals surface area (Å²) < 4.78 is 0. The molecule has 0 saturated carbocycles. The van der Waals surface area contributed by atoms with E-state index >= 15 is 0 Å². The van der Waals surface area contributed by atoms with Crippen molar-refractivity contribution in [1.82, 2.24) is 5.32 Å². The molecule has 0 fully saturated rings. The summed E-state index contributed by atoms with van der Waals surface area (Å²) in [6, 6.07) is 0. The zero-order chi connectivity index (χ0) is 7.98. The highest BCUT2D eigenvalue weighted by atomic mass is 79.9. The molecule has 0 heterocycles. The Morgan fingerprint density at radius 3 is 2.50 bits per heavy atom. The lowest BCUT2D eigenvalue weighted by atomic mass is 10.4. The van der Waals surface area contributed by atoms with E-state index in [0.29, 0.717) is 11.8 Å². The van der Waals surface area contributed by atoms with E-state index in [1.165, 1.54) is 0 Å². The predicted molar refractivity (Wildman–Crippen MR) is 40.6 cm³/mol. The quantitative estimate of drug-likeness (QED) is 0.605. The van der Waals surface area contributed by atoms with E-state index in [2.05, 4.69) is 21.2 Å². The molecule has 2 amide bonds. The third-order valence-electron chi connectivity index (χ3n) is 0.781. The maximum Gasteiger partial charge on any atom is 0.236 e. The Kier molecular flexibility index (Phi) is 4.92. The van der Waals surface area contributed by atoms with Crippen molar-refractivity contribution in [2.24, 2.45) is 5.73 Å². The van der Waals surface area contributed by atoms with Crippen molar-refractivity contribution in [1.29, 1.82) is 0 Å². The molecule has 58 valence electrons. The second kappa shape index (κ2) is 5.22. The van der Waals surface area contributed by atoms with Crippen LogP contribution in [0.2, 0.25) is 0 Å². The topological polar surface area (TPSA) is 72.2 Å². The first-order valence-corrected chi connectivity index (χ1v) is 3.90. The van der Waals surface area contributed by atoms with Crippen LogP contribution in [0.1, 0.15) is 6.42 Å². The molecule has 4 nitrogen and oxygen atoms in total. The van der Waals surface area contributed by atoms with Gasteiger partial charge < -0.3 is 11.1 Å². The summed E-state index contributed by atoms with van der Waals surface area (Å²) >= 11 is 3.08. The van der Waals surface area contributed by atoms with Gasteiger partial charge in [-0.25, -0.2) is 0 Å². The summed E-state index contributed by atoms with van der Waals surface area (Å²) in [6.07, 6.45) is 0.368. The minimum absolute atomic E-state index is 0.0775. The summed E-state index contributed by atoms with van der Waals surface area (Å²) in [5.41, 5.74) is 4.77. The maximum atomic E-state index is 10.6. The zero-order valence-electron chi connectivity index (χ0n) is 5.39. The Morgan fingerprint density at radius 2 is 2.10 bits per heavy atom. The molecule has 0 aliphatic rings. The van der Waals surface area contributed by atoms with Gasteiger partial charge in [0.25, 0.3) is 0 Å². The van der Waals surface area contributed by atoms with Crippen molar-refractivity contribution in [3.63, 3.8) is 0 Å². The van der Waals surface area contributed by atoms with Crippen molar-refractivity contribution < 1.29 is 9.59 Å². The average molecular weight is 209 g/mol. The summed E-state index contributed by atoms with van der Waals surface area (Å²) in [7, 11) is 0. The van der Waals surface area contributed by atoms with Gasteiger partial charge in [0.15, 0.2) is 0 Å². The number of carbonyl (C=O) groups excluding carboxylic acids is 2. The van der Waals surface area contributed by atoms with Crippen LogP contribution in [0, 0.1) is 0 Å². The van der Waals surface area contributed by atoms with Crippen LogP contribution in [-0.2, 0) is 9.59 Å². The lowest BCUT2D eigenvalue weighted by Gasteiger charge is -1.98. The van der Waals surface area contributed by atoms with Gasteiger partial charge in [-0.1, -0.05) is 15.9 Å². The van der Waals surface area contributed by atoms with Gasteiger partial charge >= 0.3 is 0 Å². The summed E-state index contributed by atoms with van der Waals surface area (Å²) in [5.74, 6) is -0.696. The predicted octanol–water partition coefficient (Wildman–Crippen LogP) is -0.627. The number of primary amides is 1. The Balaban J connectivity index is 3.30. The first-order valence-electron chi connectivity index (χ1n) is 2.77. The number of hydrogen-bond donors (Lipinski definition) is 2. The molecule has 0 spiro atoms. The number of rotatable bonds is 4. The Morgan fingerprint density at radius 1 is 1.50 bits per heavy atom. The van der Waals surface area contributed by atoms with Gasteiger partial charge in [-0.15, -0.1) is 0 Å². The number of carbonyl (C=O) groups is 2. The van der Waals surface area contributed by atoms with Crippen LogP contribution in [0.3, 0.4) is 0 Å². The summed E-state index contributed by atoms with van der Waals surface area (Å²) in [6.45, 7) is -0.0775. The van der Waals surface area contributed by atoms with Crippen molar-refractivity contribution in [3.8, 4) is 0 Å². The molecule has 0 aromatic carbocycles. The van der Waals surface area contributed by atoms with Crippen molar-refractivity contribution in [2.45, 2.75) is 6.42 Å². The molecule has 0 aliphatic carbocycles. The van der Waals surface area contributed by atoms with E-state index in [-0.39, 0.29) is 12.5 Å². The monoisotopic (exact) mass is 208 g/mol. The number of halogens is 1. The Bertz CT molecular complexity index is 138. The number of hydrogen-bond acceptors (Lipinski definition) is 2. The smallest absolute Gasteiger partial charge is 0.236 e. The van der Waals surface area contributed by atoms with Crippen LogP contribution < -0.4 is 11.1 Å². The van der Waals surface area contributed by atoms with Crippen molar-refractivity contribution in [2.75, 3.05) is 11.9 Å². The molecular formula is C5H9BrN2O2. The molecule has 10 heavy (non-hydrogen) atoms. The second-order valence-corrected chi connectivity index (χ2v) is 2.48. The van der Waals surface area contributed by atoms with E-state index in [1.807, 2.05) is 0 Å². The fourth-order valence-electron chi connectivity index (χ4n) is 0.360. The zero-order valence-corrected chi connectivity index (χ0v) is 6.98. The highest BCUT2D eigenvalue weighted by Gasteiger charge is 1.99. The highest BCUT2D eigenvalue weighted by Crippen LogP contribution is 1.85. The van der Waals surface area contributed by atoms with Gasteiger partial charge in [0.2, 0.25) is 11.8 Å². The van der Waals surface area contributed by atoms with Crippen LogP contribution in [-0.4, -0.2) is 23.7 Å². The van der Waals surface area contributed by atoms with Crippen LogP contribution in [0.25, 0.3) is 0 Å². The molecular weight excluding hydrogens is 200 g/mol. The molecule has 0 unspecified atom stereocenters. The third kappa shape index (κ3) is 5.55. The lowest BCUT2D eigenvalue weighted by Crippen LogP contribution is -2.33. The minimum Gasteiger partial charge on any atom is -0.368 e. The summed E-state index contributed by atoms with van der Waals surface area (Å²) in [5, 5.41) is 2.93. The van der Waals surface area contributed by atoms with Crippen molar-refractivity contribution >= 4 is 27.7 Å². The van der Waals surface area contributed by atoms with Gasteiger partial charge in [0, 0.05) is 11.8 Å². The molecule has 0 aliphatic heterocycles. The van der Waals surface area contributed by atoms with Gasteiger partial charge in [-0.2, -0.15) is 0 Å². The number of nitrogens with two attached hydrogens (primary N) is 1. The van der Waals surface area contributed by atoms with E-state index in [4.69, 9.17) is 5.73 Å². The van der Waals surface area contributed by atoms with Crippen LogP contribution in [0.5, 0.6) is 0 Å². The largest absolute Gasteiger partial charge is 0.368 e. The summed E-state index contributed by atoms with van der Waals surface area (Å²) in [4.78, 5) is 20.7. The van der Waals surface area contributed by atoms with Gasteiger partial charge in [-0.05, 0) is 0 Å². The first kappa shape index (κ1) is 9.42. The molecule has 0 saturated heterocycles. The molecule has 0 bridgehead atoms.